The highest BCUT2D eigenvalue weighted by atomic mass is 16.7. The van der Waals surface area contributed by atoms with E-state index >= 15 is 0 Å². The molecule has 0 aromatic rings. The van der Waals surface area contributed by atoms with Crippen LogP contribution in [0.5, 0.6) is 0 Å². The van der Waals surface area contributed by atoms with E-state index in [0.717, 1.165) is 0 Å². The van der Waals surface area contributed by atoms with Crippen molar-refractivity contribution < 1.29 is 44.5 Å². The molecule has 2 fully saturated rings. The van der Waals surface area contributed by atoms with Gasteiger partial charge >= 0.3 is 0 Å². The van der Waals surface area contributed by atoms with Crippen molar-refractivity contribution >= 4 is 0 Å². The first-order valence-corrected chi connectivity index (χ1v) is 6.94. The number of rotatable bonds is 4. The van der Waals surface area contributed by atoms with Crippen molar-refractivity contribution in [3.05, 3.63) is 0 Å². The molecular formula is C12H23NO9. The zero-order valence-corrected chi connectivity index (χ0v) is 12.1. The van der Waals surface area contributed by atoms with Gasteiger partial charge in [-0.05, 0) is 0 Å². The summed E-state index contributed by atoms with van der Waals surface area (Å²) in [7, 11) is 1.35. The van der Waals surface area contributed by atoms with E-state index in [2.05, 4.69) is 0 Å². The van der Waals surface area contributed by atoms with Crippen molar-refractivity contribution in [3.8, 4) is 0 Å². The fourth-order valence-electron chi connectivity index (χ4n) is 2.52. The van der Waals surface area contributed by atoms with Crippen molar-refractivity contribution in [1.82, 2.24) is 0 Å². The number of hydrogen-bond acceptors (Lipinski definition) is 10. The predicted octanol–water partition coefficient (Wildman–Crippen LogP) is -4.14. The van der Waals surface area contributed by atoms with Gasteiger partial charge in [0.25, 0.3) is 0 Å². The third kappa shape index (κ3) is 3.41. The maximum atomic E-state index is 10.2. The molecule has 7 N–H and O–H groups in total. The van der Waals surface area contributed by atoms with Gasteiger partial charge in [0.05, 0.1) is 19.3 Å². The molecule has 2 saturated heterocycles. The normalized spacial score (nSPS) is 50.0. The fourth-order valence-corrected chi connectivity index (χ4v) is 2.52. The topological polar surface area (TPSA) is 164 Å². The van der Waals surface area contributed by atoms with Crippen LogP contribution in [-0.4, -0.2) is 101 Å². The molecule has 2 heterocycles. The summed E-state index contributed by atoms with van der Waals surface area (Å²) in [6.45, 7) is -0.731. The van der Waals surface area contributed by atoms with E-state index in [-0.39, 0.29) is 6.61 Å². The van der Waals surface area contributed by atoms with Crippen LogP contribution in [0.25, 0.3) is 0 Å². The average molecular weight is 325 g/mol. The van der Waals surface area contributed by atoms with E-state index in [4.69, 9.17) is 24.7 Å². The van der Waals surface area contributed by atoms with Gasteiger partial charge in [0.1, 0.15) is 36.6 Å². The Labute approximate surface area is 127 Å². The molecule has 0 radical (unpaired) electrons. The number of nitrogens with two attached hydrogens (primary N) is 1. The van der Waals surface area contributed by atoms with Crippen LogP contribution >= 0.6 is 0 Å². The zero-order valence-electron chi connectivity index (χ0n) is 12.1. The minimum Gasteiger partial charge on any atom is -0.394 e. The van der Waals surface area contributed by atoms with Crippen LogP contribution in [0.4, 0.5) is 0 Å². The van der Waals surface area contributed by atoms with Crippen molar-refractivity contribution in [3.63, 3.8) is 0 Å². The molecule has 0 bridgehead atoms. The van der Waals surface area contributed by atoms with Crippen LogP contribution in [0.2, 0.25) is 0 Å². The lowest BCUT2D eigenvalue weighted by Crippen LogP contribution is -2.65. The summed E-state index contributed by atoms with van der Waals surface area (Å²) >= 11 is 0. The predicted molar refractivity (Wildman–Crippen MR) is 69.4 cm³/mol. The molecule has 10 nitrogen and oxygen atoms in total. The van der Waals surface area contributed by atoms with Crippen LogP contribution in [0, 0.1) is 0 Å². The second-order valence-corrected chi connectivity index (χ2v) is 5.38. The van der Waals surface area contributed by atoms with Crippen LogP contribution in [-0.2, 0) is 18.9 Å². The first kappa shape index (κ1) is 17.9. The van der Waals surface area contributed by atoms with Crippen LogP contribution in [0.15, 0.2) is 0 Å². The van der Waals surface area contributed by atoms with Gasteiger partial charge in [-0.2, -0.15) is 0 Å². The number of hydrogen-bond donors (Lipinski definition) is 6. The highest BCUT2D eigenvalue weighted by Crippen LogP contribution is 2.26. The number of aliphatic hydroxyl groups excluding tert-OH is 5. The molecule has 2 rings (SSSR count). The summed E-state index contributed by atoms with van der Waals surface area (Å²) in [5, 5.41) is 48.4. The lowest BCUT2D eigenvalue weighted by molar-refractivity contribution is -0.330. The van der Waals surface area contributed by atoms with E-state index in [9.17, 15) is 25.5 Å². The highest BCUT2D eigenvalue weighted by Gasteiger charge is 2.48. The second kappa shape index (κ2) is 7.45. The number of ether oxygens (including phenoxy) is 4. The van der Waals surface area contributed by atoms with E-state index in [1.165, 1.54) is 7.11 Å². The van der Waals surface area contributed by atoms with E-state index in [0.29, 0.717) is 0 Å². The largest absolute Gasteiger partial charge is 0.394 e. The van der Waals surface area contributed by atoms with Gasteiger partial charge in [-0.15, -0.1) is 0 Å². The van der Waals surface area contributed by atoms with Gasteiger partial charge in [-0.1, -0.05) is 0 Å². The molecule has 22 heavy (non-hydrogen) atoms. The summed E-state index contributed by atoms with van der Waals surface area (Å²) in [6, 6.07) is -0.936. The van der Waals surface area contributed by atoms with Gasteiger partial charge in [0.2, 0.25) is 0 Å². The Hall–Kier alpha value is -0.400. The first-order valence-electron chi connectivity index (χ1n) is 6.94. The monoisotopic (exact) mass is 325 g/mol. The maximum absolute atomic E-state index is 10.2. The Kier molecular flexibility index (Phi) is 6.07. The Morgan fingerprint density at radius 1 is 1.09 bits per heavy atom. The van der Waals surface area contributed by atoms with Crippen LogP contribution < -0.4 is 5.73 Å². The summed E-state index contributed by atoms with van der Waals surface area (Å²) < 4.78 is 20.9. The molecule has 130 valence electrons. The molecule has 10 heteroatoms. The number of aliphatic hydroxyl groups is 5. The van der Waals surface area contributed by atoms with Crippen molar-refractivity contribution in [2.75, 3.05) is 20.3 Å². The minimum atomic E-state index is -1.52. The molecule has 9 atom stereocenters. The first-order chi connectivity index (χ1) is 10.4. The minimum absolute atomic E-state index is 0.247. The number of methoxy groups -OCH3 is 1. The van der Waals surface area contributed by atoms with Crippen molar-refractivity contribution in [2.45, 2.75) is 55.2 Å². The molecular weight excluding hydrogens is 302 g/mol. The zero-order chi connectivity index (χ0) is 16.4. The van der Waals surface area contributed by atoms with Gasteiger partial charge in [0.15, 0.2) is 12.6 Å². The Balaban J connectivity index is 2.06. The molecule has 2 aliphatic rings. The molecule has 0 aromatic carbocycles. The van der Waals surface area contributed by atoms with E-state index in [1.54, 1.807) is 0 Å². The second-order valence-electron chi connectivity index (χ2n) is 5.38. The summed E-state index contributed by atoms with van der Waals surface area (Å²) in [6.07, 6.45) is -9.75. The molecule has 0 aromatic heterocycles. The molecule has 0 aliphatic carbocycles. The molecule has 9 unspecified atom stereocenters. The summed E-state index contributed by atoms with van der Waals surface area (Å²) in [5.41, 5.74) is 5.78. The van der Waals surface area contributed by atoms with Crippen molar-refractivity contribution in [1.29, 1.82) is 0 Å². The van der Waals surface area contributed by atoms with E-state index < -0.39 is 61.9 Å². The molecule has 2 aliphatic heterocycles. The molecule has 0 amide bonds. The SMILES string of the molecule is COC1OC(CO)C(OC2OCC(O)C(O)C2O)C(O)C1N. The third-order valence-corrected chi connectivity index (χ3v) is 3.88. The molecule has 0 saturated carbocycles. The summed E-state index contributed by atoms with van der Waals surface area (Å²) in [5.74, 6) is 0. The van der Waals surface area contributed by atoms with Crippen molar-refractivity contribution in [2.24, 2.45) is 5.73 Å². The quantitative estimate of drug-likeness (QED) is 0.299. The van der Waals surface area contributed by atoms with E-state index in [1.807, 2.05) is 0 Å². The molecule has 0 spiro atoms. The highest BCUT2D eigenvalue weighted by molar-refractivity contribution is 4.94. The van der Waals surface area contributed by atoms with Crippen LogP contribution in [0.1, 0.15) is 0 Å². The summed E-state index contributed by atoms with van der Waals surface area (Å²) in [4.78, 5) is 0. The van der Waals surface area contributed by atoms with Crippen LogP contribution in [0.3, 0.4) is 0 Å². The van der Waals surface area contributed by atoms with Gasteiger partial charge < -0.3 is 50.2 Å². The van der Waals surface area contributed by atoms with Gasteiger partial charge in [-0.3, -0.25) is 0 Å². The average Bonchev–Trinajstić information content (AvgIpc) is 2.52. The fraction of sp³-hybridized carbons (Fsp3) is 1.00. The smallest absolute Gasteiger partial charge is 0.186 e. The standard InChI is InChI=1S/C12H23NO9/c1-19-11-6(13)8(17)10(5(2-14)21-11)22-12-9(18)7(16)4(15)3-20-12/h4-12,14-18H,2-3,13H2,1H3. The van der Waals surface area contributed by atoms with Gasteiger partial charge in [-0.25, -0.2) is 0 Å². The Morgan fingerprint density at radius 2 is 1.77 bits per heavy atom. The Morgan fingerprint density at radius 3 is 2.36 bits per heavy atom. The Bertz CT molecular complexity index is 357. The third-order valence-electron chi connectivity index (χ3n) is 3.88. The lowest BCUT2D eigenvalue weighted by Gasteiger charge is -2.44. The lowest BCUT2D eigenvalue weighted by atomic mass is 9.97. The maximum Gasteiger partial charge on any atom is 0.186 e. The van der Waals surface area contributed by atoms with Gasteiger partial charge in [0, 0.05) is 7.11 Å².